The minimum atomic E-state index is -0.706. The summed E-state index contributed by atoms with van der Waals surface area (Å²) in [6.45, 7) is 6.16. The van der Waals surface area contributed by atoms with Crippen molar-refractivity contribution in [2.24, 2.45) is 5.41 Å². The van der Waals surface area contributed by atoms with Gasteiger partial charge in [0.25, 0.3) is 0 Å². The zero-order valence-electron chi connectivity index (χ0n) is 10.7. The number of rotatable bonds is 2. The molecule has 94 valence electrons. The first-order valence-corrected chi connectivity index (χ1v) is 5.80. The first-order chi connectivity index (χ1) is 7.90. The van der Waals surface area contributed by atoms with Crippen molar-refractivity contribution in [2.45, 2.75) is 38.8 Å². The van der Waals surface area contributed by atoms with Gasteiger partial charge in [-0.1, -0.05) is 20.8 Å². The third-order valence-corrected chi connectivity index (χ3v) is 3.53. The van der Waals surface area contributed by atoms with Crippen LogP contribution in [-0.2, 0) is 9.53 Å². The Hall–Kier alpha value is -1.29. The van der Waals surface area contributed by atoms with Gasteiger partial charge in [0.05, 0.1) is 12.2 Å². The van der Waals surface area contributed by atoms with Crippen molar-refractivity contribution in [3.05, 3.63) is 24.2 Å². The van der Waals surface area contributed by atoms with Crippen molar-refractivity contribution < 1.29 is 13.9 Å². The van der Waals surface area contributed by atoms with Gasteiger partial charge in [0.2, 0.25) is 5.91 Å². The molecule has 2 atom stereocenters. The van der Waals surface area contributed by atoms with Crippen LogP contribution >= 0.6 is 0 Å². The van der Waals surface area contributed by atoms with Gasteiger partial charge in [-0.05, 0) is 12.1 Å². The van der Waals surface area contributed by atoms with Crippen LogP contribution in [-0.4, -0.2) is 18.7 Å². The molecule has 0 saturated carbocycles. The zero-order valence-corrected chi connectivity index (χ0v) is 10.7. The second kappa shape index (κ2) is 3.88. The highest BCUT2D eigenvalue weighted by molar-refractivity contribution is 5.81. The molecular formula is C13H19NO3. The molecule has 1 N–H and O–H groups in total. The SMILES string of the molecule is CO[C@@]1(C(C)(C)C)NC(=O)C[C@@H]1c1ccco1. The number of methoxy groups -OCH3 is 1. The topological polar surface area (TPSA) is 51.5 Å². The van der Waals surface area contributed by atoms with Crippen LogP contribution in [0, 0.1) is 5.41 Å². The average molecular weight is 237 g/mol. The predicted molar refractivity (Wildman–Crippen MR) is 63.4 cm³/mol. The standard InChI is InChI=1S/C13H19NO3/c1-12(2,3)13(16-4)9(8-11(15)14-13)10-6-5-7-17-10/h5-7,9H,8H2,1-4H3,(H,14,15)/t9-,13+/m1/s1. The van der Waals surface area contributed by atoms with E-state index in [1.807, 2.05) is 12.1 Å². The molecular weight excluding hydrogens is 218 g/mol. The summed E-state index contributed by atoms with van der Waals surface area (Å²) in [5, 5.41) is 2.97. The number of amides is 1. The number of furan rings is 1. The zero-order chi connectivity index (χ0) is 12.7. The molecule has 1 aromatic heterocycles. The maximum atomic E-state index is 11.7. The smallest absolute Gasteiger partial charge is 0.223 e. The van der Waals surface area contributed by atoms with E-state index in [2.05, 4.69) is 26.1 Å². The average Bonchev–Trinajstić information content (AvgIpc) is 2.82. The Labute approximate surface area is 101 Å². The summed E-state index contributed by atoms with van der Waals surface area (Å²) in [7, 11) is 1.63. The Bertz CT molecular complexity index is 405. The van der Waals surface area contributed by atoms with Crippen LogP contribution in [0.4, 0.5) is 0 Å². The van der Waals surface area contributed by atoms with Crippen molar-refractivity contribution >= 4 is 5.91 Å². The van der Waals surface area contributed by atoms with Gasteiger partial charge < -0.3 is 14.5 Å². The summed E-state index contributed by atoms with van der Waals surface area (Å²) in [6.07, 6.45) is 2.03. The summed E-state index contributed by atoms with van der Waals surface area (Å²) in [6, 6.07) is 3.73. The minimum absolute atomic E-state index is 0.00294. The first-order valence-electron chi connectivity index (χ1n) is 5.80. The molecule has 0 aromatic carbocycles. The second-order valence-corrected chi connectivity index (χ2v) is 5.51. The quantitative estimate of drug-likeness (QED) is 0.858. The highest BCUT2D eigenvalue weighted by Crippen LogP contribution is 2.47. The van der Waals surface area contributed by atoms with Crippen LogP contribution in [0.15, 0.2) is 22.8 Å². The normalized spacial score (nSPS) is 29.4. The number of nitrogens with one attached hydrogen (secondary N) is 1. The number of carbonyl (C=O) groups is 1. The van der Waals surface area contributed by atoms with E-state index in [9.17, 15) is 4.79 Å². The van der Waals surface area contributed by atoms with Crippen LogP contribution in [0.5, 0.6) is 0 Å². The first kappa shape index (κ1) is 12.2. The van der Waals surface area contributed by atoms with Gasteiger partial charge in [-0.25, -0.2) is 0 Å². The molecule has 1 aliphatic heterocycles. The molecule has 4 nitrogen and oxygen atoms in total. The maximum Gasteiger partial charge on any atom is 0.223 e. The van der Waals surface area contributed by atoms with Crippen molar-refractivity contribution in [3.63, 3.8) is 0 Å². The van der Waals surface area contributed by atoms with Gasteiger partial charge in [0, 0.05) is 18.9 Å². The van der Waals surface area contributed by atoms with Crippen molar-refractivity contribution in [1.82, 2.24) is 5.32 Å². The fourth-order valence-corrected chi connectivity index (χ4v) is 2.67. The highest BCUT2D eigenvalue weighted by atomic mass is 16.5. The van der Waals surface area contributed by atoms with Crippen LogP contribution in [0.1, 0.15) is 38.9 Å². The van der Waals surface area contributed by atoms with Gasteiger partial charge in [-0.15, -0.1) is 0 Å². The fourth-order valence-electron chi connectivity index (χ4n) is 2.67. The lowest BCUT2D eigenvalue weighted by molar-refractivity contribution is -0.137. The fraction of sp³-hybridized carbons (Fsp3) is 0.615. The Morgan fingerprint density at radius 3 is 2.71 bits per heavy atom. The Morgan fingerprint density at radius 1 is 1.53 bits per heavy atom. The molecule has 0 spiro atoms. The lowest BCUT2D eigenvalue weighted by Gasteiger charge is -2.43. The monoisotopic (exact) mass is 237 g/mol. The van der Waals surface area contributed by atoms with Crippen molar-refractivity contribution in [3.8, 4) is 0 Å². The summed E-state index contributed by atoms with van der Waals surface area (Å²) in [5.74, 6) is 0.707. The van der Waals surface area contributed by atoms with E-state index in [0.29, 0.717) is 6.42 Å². The maximum absolute atomic E-state index is 11.7. The van der Waals surface area contributed by atoms with E-state index in [0.717, 1.165) is 5.76 Å². The Morgan fingerprint density at radius 2 is 2.24 bits per heavy atom. The lowest BCUT2D eigenvalue weighted by atomic mass is 9.75. The van der Waals surface area contributed by atoms with Crippen LogP contribution in [0.2, 0.25) is 0 Å². The molecule has 0 aliphatic carbocycles. The molecule has 1 saturated heterocycles. The summed E-state index contributed by atoms with van der Waals surface area (Å²) in [4.78, 5) is 11.7. The molecule has 4 heteroatoms. The van der Waals surface area contributed by atoms with Gasteiger partial charge in [-0.2, -0.15) is 0 Å². The number of hydrogen-bond acceptors (Lipinski definition) is 3. The van der Waals surface area contributed by atoms with Gasteiger partial charge >= 0.3 is 0 Å². The Kier molecular flexibility index (Phi) is 2.78. The largest absolute Gasteiger partial charge is 0.469 e. The molecule has 0 unspecified atom stereocenters. The van der Waals surface area contributed by atoms with Crippen LogP contribution in [0.3, 0.4) is 0 Å². The summed E-state index contributed by atoms with van der Waals surface area (Å²) < 4.78 is 11.1. The van der Waals surface area contributed by atoms with Gasteiger partial charge in [0.15, 0.2) is 5.72 Å². The molecule has 2 rings (SSSR count). The second-order valence-electron chi connectivity index (χ2n) is 5.51. The molecule has 1 aliphatic rings. The highest BCUT2D eigenvalue weighted by Gasteiger charge is 2.56. The van der Waals surface area contributed by atoms with E-state index in [-0.39, 0.29) is 17.2 Å². The minimum Gasteiger partial charge on any atom is -0.469 e. The van der Waals surface area contributed by atoms with Crippen LogP contribution < -0.4 is 5.32 Å². The van der Waals surface area contributed by atoms with E-state index < -0.39 is 5.72 Å². The molecule has 17 heavy (non-hydrogen) atoms. The molecule has 2 heterocycles. The molecule has 1 amide bonds. The van der Waals surface area contributed by atoms with E-state index in [1.54, 1.807) is 13.4 Å². The molecule has 1 fully saturated rings. The number of carbonyl (C=O) groups excluding carboxylic acids is 1. The third-order valence-electron chi connectivity index (χ3n) is 3.53. The molecule has 1 aromatic rings. The molecule has 0 radical (unpaired) electrons. The van der Waals surface area contributed by atoms with E-state index in [1.165, 1.54) is 0 Å². The van der Waals surface area contributed by atoms with Crippen molar-refractivity contribution in [2.75, 3.05) is 7.11 Å². The third kappa shape index (κ3) is 1.76. The van der Waals surface area contributed by atoms with Gasteiger partial charge in [-0.3, -0.25) is 4.79 Å². The van der Waals surface area contributed by atoms with Crippen molar-refractivity contribution in [1.29, 1.82) is 0 Å². The van der Waals surface area contributed by atoms with Crippen LogP contribution in [0.25, 0.3) is 0 Å². The number of ether oxygens (including phenoxy) is 1. The van der Waals surface area contributed by atoms with E-state index in [4.69, 9.17) is 9.15 Å². The van der Waals surface area contributed by atoms with E-state index >= 15 is 0 Å². The summed E-state index contributed by atoms with van der Waals surface area (Å²) >= 11 is 0. The predicted octanol–water partition coefficient (Wildman–Crippen LogP) is 2.27. The summed E-state index contributed by atoms with van der Waals surface area (Å²) in [5.41, 5.74) is -0.923. The van der Waals surface area contributed by atoms with Gasteiger partial charge in [0.1, 0.15) is 5.76 Å². The molecule has 0 bridgehead atoms. The number of hydrogen-bond donors (Lipinski definition) is 1. The lowest BCUT2D eigenvalue weighted by Crippen LogP contribution is -2.56. The Balaban J connectivity index is 2.46.